The summed E-state index contributed by atoms with van der Waals surface area (Å²) in [6.45, 7) is 3.04. The molecule has 3 N–H and O–H groups in total. The van der Waals surface area contributed by atoms with E-state index in [0.29, 0.717) is 13.2 Å². The van der Waals surface area contributed by atoms with Crippen molar-refractivity contribution >= 4 is 0 Å². The van der Waals surface area contributed by atoms with Crippen LogP contribution in [-0.4, -0.2) is 25.4 Å². The molecular formula is C18H29NO2. The number of aliphatic hydroxyl groups is 1. The van der Waals surface area contributed by atoms with Crippen molar-refractivity contribution in [1.29, 1.82) is 0 Å². The van der Waals surface area contributed by atoms with Crippen LogP contribution in [-0.2, 0) is 10.3 Å². The van der Waals surface area contributed by atoms with Gasteiger partial charge in [-0.05, 0) is 37.2 Å². The largest absolute Gasteiger partial charge is 0.382 e. The maximum Gasteiger partial charge on any atom is 0.120 e. The van der Waals surface area contributed by atoms with Crippen molar-refractivity contribution in [2.75, 3.05) is 20.3 Å². The van der Waals surface area contributed by atoms with E-state index in [-0.39, 0.29) is 5.41 Å². The summed E-state index contributed by atoms with van der Waals surface area (Å²) in [6, 6.07) is 9.89. The van der Waals surface area contributed by atoms with Crippen molar-refractivity contribution in [3.05, 3.63) is 35.9 Å². The molecule has 1 saturated carbocycles. The molecule has 3 heteroatoms. The van der Waals surface area contributed by atoms with Crippen LogP contribution in [0.3, 0.4) is 0 Å². The molecule has 0 aliphatic heterocycles. The van der Waals surface area contributed by atoms with Crippen molar-refractivity contribution in [3.8, 4) is 0 Å². The maximum absolute atomic E-state index is 11.5. The van der Waals surface area contributed by atoms with E-state index in [9.17, 15) is 5.11 Å². The van der Waals surface area contributed by atoms with Crippen LogP contribution < -0.4 is 5.73 Å². The summed E-state index contributed by atoms with van der Waals surface area (Å²) >= 11 is 0. The Bertz CT molecular complexity index is 426. The second-order valence-corrected chi connectivity index (χ2v) is 6.50. The van der Waals surface area contributed by atoms with Crippen LogP contribution in [0.25, 0.3) is 0 Å². The molecule has 21 heavy (non-hydrogen) atoms. The van der Waals surface area contributed by atoms with Gasteiger partial charge in [-0.3, -0.25) is 0 Å². The minimum atomic E-state index is -1.00. The first-order valence-electron chi connectivity index (χ1n) is 8.09. The summed E-state index contributed by atoms with van der Waals surface area (Å²) < 4.78 is 5.39. The standard InChI is InChI=1S/C18H29NO2/c1-3-15-9-11-17(13-19,12-10-15)18(20,14-21-2)16-7-5-4-6-8-16/h4-8,15,20H,3,9-14,19H2,1-2H3. The Balaban J connectivity index is 2.35. The molecule has 0 heterocycles. The van der Waals surface area contributed by atoms with Gasteiger partial charge in [0.1, 0.15) is 5.60 Å². The van der Waals surface area contributed by atoms with E-state index in [4.69, 9.17) is 10.5 Å². The van der Waals surface area contributed by atoms with Gasteiger partial charge in [0.15, 0.2) is 0 Å². The lowest BCUT2D eigenvalue weighted by atomic mass is 9.59. The molecule has 1 fully saturated rings. The smallest absolute Gasteiger partial charge is 0.120 e. The molecule has 0 saturated heterocycles. The minimum Gasteiger partial charge on any atom is -0.382 e. The van der Waals surface area contributed by atoms with Crippen molar-refractivity contribution < 1.29 is 9.84 Å². The fraction of sp³-hybridized carbons (Fsp3) is 0.667. The zero-order chi connectivity index (χ0) is 15.3. The number of ether oxygens (including phenoxy) is 1. The number of benzene rings is 1. The Labute approximate surface area is 128 Å². The third-order valence-electron chi connectivity index (χ3n) is 5.51. The number of rotatable bonds is 6. The van der Waals surface area contributed by atoms with Crippen LogP contribution in [0.5, 0.6) is 0 Å². The van der Waals surface area contributed by atoms with Gasteiger partial charge in [-0.15, -0.1) is 0 Å². The maximum atomic E-state index is 11.5. The summed E-state index contributed by atoms with van der Waals surface area (Å²) in [5, 5.41) is 11.5. The SMILES string of the molecule is CCC1CCC(CN)(C(O)(COC)c2ccccc2)CC1. The Morgan fingerprint density at radius 1 is 1.29 bits per heavy atom. The Morgan fingerprint density at radius 3 is 2.38 bits per heavy atom. The van der Waals surface area contributed by atoms with E-state index in [1.165, 1.54) is 6.42 Å². The number of methoxy groups -OCH3 is 1. The summed E-state index contributed by atoms with van der Waals surface area (Å²) in [5.41, 5.74) is 5.80. The zero-order valence-electron chi connectivity index (χ0n) is 13.3. The van der Waals surface area contributed by atoms with Gasteiger partial charge in [-0.2, -0.15) is 0 Å². The van der Waals surface area contributed by atoms with Crippen molar-refractivity contribution in [2.24, 2.45) is 17.1 Å². The van der Waals surface area contributed by atoms with Gasteiger partial charge in [-0.25, -0.2) is 0 Å². The van der Waals surface area contributed by atoms with E-state index in [1.54, 1.807) is 7.11 Å². The molecule has 1 atom stereocenters. The fourth-order valence-corrected chi connectivity index (χ4v) is 3.89. The Morgan fingerprint density at radius 2 is 1.90 bits per heavy atom. The lowest BCUT2D eigenvalue weighted by Crippen LogP contribution is -2.54. The minimum absolute atomic E-state index is 0.282. The lowest BCUT2D eigenvalue weighted by Gasteiger charge is -2.50. The molecule has 118 valence electrons. The molecule has 3 nitrogen and oxygen atoms in total. The molecular weight excluding hydrogens is 262 g/mol. The normalized spacial score (nSPS) is 29.0. The van der Waals surface area contributed by atoms with E-state index in [0.717, 1.165) is 37.2 Å². The molecule has 1 aromatic rings. The van der Waals surface area contributed by atoms with Crippen LogP contribution in [0.1, 0.15) is 44.6 Å². The number of nitrogens with two attached hydrogens (primary N) is 1. The van der Waals surface area contributed by atoms with Crippen LogP contribution in [0.2, 0.25) is 0 Å². The third-order valence-corrected chi connectivity index (χ3v) is 5.51. The van der Waals surface area contributed by atoms with E-state index >= 15 is 0 Å². The third kappa shape index (κ3) is 3.01. The Kier molecular flexibility index (Phi) is 5.42. The summed E-state index contributed by atoms with van der Waals surface area (Å²) in [7, 11) is 1.65. The second-order valence-electron chi connectivity index (χ2n) is 6.50. The summed E-state index contributed by atoms with van der Waals surface area (Å²) in [6.07, 6.45) is 5.45. The highest BCUT2D eigenvalue weighted by atomic mass is 16.5. The molecule has 0 radical (unpaired) electrons. The predicted molar refractivity (Wildman–Crippen MR) is 86.0 cm³/mol. The van der Waals surface area contributed by atoms with Crippen molar-refractivity contribution in [1.82, 2.24) is 0 Å². The first kappa shape index (κ1) is 16.5. The van der Waals surface area contributed by atoms with E-state index < -0.39 is 5.60 Å². The average Bonchev–Trinajstić information content (AvgIpc) is 2.55. The predicted octanol–water partition coefficient (Wildman–Crippen LogP) is 3.07. The van der Waals surface area contributed by atoms with Gasteiger partial charge < -0.3 is 15.6 Å². The molecule has 1 aliphatic carbocycles. The van der Waals surface area contributed by atoms with E-state index in [2.05, 4.69) is 6.92 Å². The summed E-state index contributed by atoms with van der Waals surface area (Å²) in [5.74, 6) is 0.771. The number of hydrogen-bond acceptors (Lipinski definition) is 3. The van der Waals surface area contributed by atoms with Crippen LogP contribution in [0.15, 0.2) is 30.3 Å². The Hall–Kier alpha value is -0.900. The van der Waals surface area contributed by atoms with Gasteiger partial charge in [0, 0.05) is 19.1 Å². The quantitative estimate of drug-likeness (QED) is 0.847. The summed E-state index contributed by atoms with van der Waals surface area (Å²) in [4.78, 5) is 0. The molecule has 0 bridgehead atoms. The molecule has 0 amide bonds. The highest BCUT2D eigenvalue weighted by molar-refractivity contribution is 5.26. The fourth-order valence-electron chi connectivity index (χ4n) is 3.89. The van der Waals surface area contributed by atoms with Crippen LogP contribution in [0, 0.1) is 11.3 Å². The van der Waals surface area contributed by atoms with Gasteiger partial charge in [0.2, 0.25) is 0 Å². The zero-order valence-corrected chi connectivity index (χ0v) is 13.3. The van der Waals surface area contributed by atoms with Gasteiger partial charge in [-0.1, -0.05) is 43.7 Å². The highest BCUT2D eigenvalue weighted by Crippen LogP contribution is 2.51. The lowest BCUT2D eigenvalue weighted by molar-refractivity contribution is -0.147. The molecule has 0 aromatic heterocycles. The monoisotopic (exact) mass is 291 g/mol. The van der Waals surface area contributed by atoms with Crippen molar-refractivity contribution in [2.45, 2.75) is 44.6 Å². The average molecular weight is 291 g/mol. The molecule has 1 aromatic carbocycles. The second kappa shape index (κ2) is 6.91. The van der Waals surface area contributed by atoms with Gasteiger partial charge in [0.05, 0.1) is 6.61 Å². The topological polar surface area (TPSA) is 55.5 Å². The first-order valence-corrected chi connectivity index (χ1v) is 8.09. The molecule has 1 aliphatic rings. The molecule has 0 spiro atoms. The highest BCUT2D eigenvalue weighted by Gasteiger charge is 2.51. The van der Waals surface area contributed by atoms with Gasteiger partial charge >= 0.3 is 0 Å². The van der Waals surface area contributed by atoms with E-state index in [1.807, 2.05) is 30.3 Å². The van der Waals surface area contributed by atoms with Gasteiger partial charge in [0.25, 0.3) is 0 Å². The molecule has 2 rings (SSSR count). The first-order chi connectivity index (χ1) is 10.1. The van der Waals surface area contributed by atoms with Crippen molar-refractivity contribution in [3.63, 3.8) is 0 Å². The number of hydrogen-bond donors (Lipinski definition) is 2. The van der Waals surface area contributed by atoms with Crippen LogP contribution in [0.4, 0.5) is 0 Å². The van der Waals surface area contributed by atoms with Crippen LogP contribution >= 0.6 is 0 Å². The molecule has 1 unspecified atom stereocenters.